The quantitative estimate of drug-likeness (QED) is 0.0195. The Hall–Kier alpha value is -2.12. The molecule has 1 rings (SSSR count). The van der Waals surface area contributed by atoms with E-state index in [-0.39, 0.29) is 18.5 Å². The standard InChI is InChI=1S/C60H111NO10/c1-3-5-7-9-11-13-14-15-21-25-28-32-36-40-44-48-56(65)69-49-45-41-37-33-29-26-23-20-18-16-17-19-22-24-27-31-35-39-43-47-55(64)61-52(53(63)46-42-38-34-30-12-10-8-6-4-2)51-70-60-59(68)58(67)57(66)54(50-62)71-60/h11,13,15,21,42,46,52-54,57-60,62-63,66-68H,3-10,12,14,16-20,22-41,43-45,47-51H2,1-2H3,(H,61,64)/b13-11-,21-15-,46-42+. The van der Waals surface area contributed by atoms with Gasteiger partial charge in [-0.1, -0.05) is 230 Å². The number of rotatable bonds is 51. The van der Waals surface area contributed by atoms with Crippen molar-refractivity contribution in [2.75, 3.05) is 19.8 Å². The van der Waals surface area contributed by atoms with E-state index in [4.69, 9.17) is 14.2 Å². The summed E-state index contributed by atoms with van der Waals surface area (Å²) in [5.74, 6) is -0.207. The Morgan fingerprint density at radius 1 is 0.521 bits per heavy atom. The lowest BCUT2D eigenvalue weighted by atomic mass is 9.99. The van der Waals surface area contributed by atoms with Gasteiger partial charge >= 0.3 is 5.97 Å². The molecule has 416 valence electrons. The van der Waals surface area contributed by atoms with Crippen molar-refractivity contribution in [2.45, 2.75) is 314 Å². The van der Waals surface area contributed by atoms with Gasteiger partial charge in [0.2, 0.25) is 5.91 Å². The third-order valence-electron chi connectivity index (χ3n) is 14.0. The predicted octanol–water partition coefficient (Wildman–Crippen LogP) is 13.5. The lowest BCUT2D eigenvalue weighted by Crippen LogP contribution is -2.60. The smallest absolute Gasteiger partial charge is 0.305 e. The lowest BCUT2D eigenvalue weighted by molar-refractivity contribution is -0.302. The molecule has 6 N–H and O–H groups in total. The van der Waals surface area contributed by atoms with Crippen LogP contribution in [0.2, 0.25) is 0 Å². The van der Waals surface area contributed by atoms with Crippen LogP contribution in [0.4, 0.5) is 0 Å². The van der Waals surface area contributed by atoms with E-state index in [1.807, 2.05) is 6.08 Å². The fraction of sp³-hybridized carbons (Fsp3) is 0.867. The summed E-state index contributed by atoms with van der Waals surface area (Å²) in [6.07, 6.45) is 51.0. The maximum atomic E-state index is 13.0. The highest BCUT2D eigenvalue weighted by Crippen LogP contribution is 2.23. The Bertz CT molecular complexity index is 1280. The predicted molar refractivity (Wildman–Crippen MR) is 292 cm³/mol. The summed E-state index contributed by atoms with van der Waals surface area (Å²) in [6.45, 7) is 4.27. The monoisotopic (exact) mass is 1010 g/mol. The molecule has 0 aromatic carbocycles. The molecule has 1 saturated heterocycles. The van der Waals surface area contributed by atoms with Crippen LogP contribution >= 0.6 is 0 Å². The molecule has 1 aliphatic rings. The lowest BCUT2D eigenvalue weighted by Gasteiger charge is -2.40. The molecule has 0 aromatic heterocycles. The molecule has 1 amide bonds. The molecule has 11 nitrogen and oxygen atoms in total. The molecular formula is C60H111NO10. The highest BCUT2D eigenvalue weighted by atomic mass is 16.7. The average molecular weight is 1010 g/mol. The van der Waals surface area contributed by atoms with Crippen LogP contribution in [0, 0.1) is 0 Å². The van der Waals surface area contributed by atoms with Crippen LogP contribution in [0.5, 0.6) is 0 Å². The van der Waals surface area contributed by atoms with Gasteiger partial charge in [-0.25, -0.2) is 0 Å². The van der Waals surface area contributed by atoms with Crippen molar-refractivity contribution >= 4 is 11.9 Å². The van der Waals surface area contributed by atoms with E-state index >= 15 is 0 Å². The molecule has 7 unspecified atom stereocenters. The number of carbonyl (C=O) groups excluding carboxylic acids is 2. The average Bonchev–Trinajstić information content (AvgIpc) is 3.37. The summed E-state index contributed by atoms with van der Waals surface area (Å²) in [4.78, 5) is 25.1. The number of aliphatic hydroxyl groups is 5. The van der Waals surface area contributed by atoms with Crippen molar-refractivity contribution in [3.05, 3.63) is 36.5 Å². The van der Waals surface area contributed by atoms with Gasteiger partial charge in [-0.15, -0.1) is 0 Å². The fourth-order valence-corrected chi connectivity index (χ4v) is 9.23. The van der Waals surface area contributed by atoms with Gasteiger partial charge in [0, 0.05) is 12.8 Å². The van der Waals surface area contributed by atoms with Crippen LogP contribution in [0.15, 0.2) is 36.5 Å². The van der Waals surface area contributed by atoms with Crippen LogP contribution in [0.3, 0.4) is 0 Å². The van der Waals surface area contributed by atoms with E-state index in [0.29, 0.717) is 19.4 Å². The third kappa shape index (κ3) is 39.9. The Kier molecular flexibility index (Phi) is 47.2. The summed E-state index contributed by atoms with van der Waals surface area (Å²) in [5.41, 5.74) is 0. The maximum Gasteiger partial charge on any atom is 0.305 e. The summed E-state index contributed by atoms with van der Waals surface area (Å²) >= 11 is 0. The van der Waals surface area contributed by atoms with Crippen molar-refractivity contribution in [3.8, 4) is 0 Å². The minimum Gasteiger partial charge on any atom is -0.466 e. The summed E-state index contributed by atoms with van der Waals surface area (Å²) in [7, 11) is 0. The van der Waals surface area contributed by atoms with Crippen LogP contribution in [-0.2, 0) is 23.8 Å². The number of ether oxygens (including phenoxy) is 3. The molecule has 71 heavy (non-hydrogen) atoms. The number of amides is 1. The number of nitrogens with one attached hydrogen (secondary N) is 1. The number of aliphatic hydroxyl groups excluding tert-OH is 5. The molecular weight excluding hydrogens is 895 g/mol. The zero-order valence-corrected chi connectivity index (χ0v) is 45.7. The van der Waals surface area contributed by atoms with Crippen molar-refractivity contribution in [2.24, 2.45) is 0 Å². The van der Waals surface area contributed by atoms with E-state index in [2.05, 4.69) is 43.5 Å². The third-order valence-corrected chi connectivity index (χ3v) is 14.0. The first-order valence-corrected chi connectivity index (χ1v) is 29.8. The largest absolute Gasteiger partial charge is 0.466 e. The number of hydrogen-bond acceptors (Lipinski definition) is 10. The minimum atomic E-state index is -1.57. The van der Waals surface area contributed by atoms with E-state index in [1.54, 1.807) is 6.08 Å². The second-order valence-electron chi connectivity index (χ2n) is 20.7. The highest BCUT2D eigenvalue weighted by molar-refractivity contribution is 5.76. The van der Waals surface area contributed by atoms with Crippen LogP contribution in [0.1, 0.15) is 271 Å². The Morgan fingerprint density at radius 2 is 0.944 bits per heavy atom. The van der Waals surface area contributed by atoms with Gasteiger partial charge in [-0.3, -0.25) is 9.59 Å². The van der Waals surface area contributed by atoms with Gasteiger partial charge in [-0.2, -0.15) is 0 Å². The second kappa shape index (κ2) is 50.1. The van der Waals surface area contributed by atoms with Gasteiger partial charge < -0.3 is 45.1 Å². The number of esters is 1. The van der Waals surface area contributed by atoms with Crippen molar-refractivity contribution < 1.29 is 49.3 Å². The summed E-state index contributed by atoms with van der Waals surface area (Å²) in [5, 5.41) is 54.2. The second-order valence-corrected chi connectivity index (χ2v) is 20.7. The summed E-state index contributed by atoms with van der Waals surface area (Å²) in [6, 6.07) is -0.811. The molecule has 1 heterocycles. The van der Waals surface area contributed by atoms with Crippen molar-refractivity contribution in [1.29, 1.82) is 0 Å². The molecule has 1 aliphatic heterocycles. The zero-order chi connectivity index (χ0) is 51.7. The van der Waals surface area contributed by atoms with Crippen molar-refractivity contribution in [1.82, 2.24) is 5.32 Å². The SMILES string of the molecule is CCCCC/C=C\C/C=C\CCCCCCCC(=O)OCCCCCCCCCCCCCCCCCCCCCC(=O)NC(COC1OC(CO)C(O)C(O)C1O)C(O)/C=C/CCCCCCCCC. The topological polar surface area (TPSA) is 175 Å². The van der Waals surface area contributed by atoms with E-state index in [0.717, 1.165) is 77.0 Å². The Balaban J connectivity index is 2.01. The molecule has 1 fully saturated rings. The molecule has 0 spiro atoms. The first kappa shape index (κ1) is 66.9. The van der Waals surface area contributed by atoms with Crippen LogP contribution < -0.4 is 5.32 Å². The Morgan fingerprint density at radius 3 is 1.45 bits per heavy atom. The zero-order valence-electron chi connectivity index (χ0n) is 45.7. The fourth-order valence-electron chi connectivity index (χ4n) is 9.23. The number of unbranched alkanes of at least 4 members (excludes halogenated alkanes) is 33. The molecule has 0 aliphatic carbocycles. The maximum absolute atomic E-state index is 13.0. The van der Waals surface area contributed by atoms with Gasteiger partial charge in [0.15, 0.2) is 6.29 Å². The molecule has 0 saturated carbocycles. The van der Waals surface area contributed by atoms with E-state index in [1.165, 1.54) is 167 Å². The normalized spacial score (nSPS) is 19.3. The molecule has 11 heteroatoms. The van der Waals surface area contributed by atoms with Crippen LogP contribution in [0.25, 0.3) is 0 Å². The first-order valence-electron chi connectivity index (χ1n) is 29.8. The first-order chi connectivity index (χ1) is 34.7. The summed E-state index contributed by atoms with van der Waals surface area (Å²) < 4.78 is 16.7. The molecule has 0 bridgehead atoms. The van der Waals surface area contributed by atoms with Gasteiger partial charge in [-0.05, 0) is 64.2 Å². The van der Waals surface area contributed by atoms with E-state index in [9.17, 15) is 35.1 Å². The number of carbonyl (C=O) groups is 2. The van der Waals surface area contributed by atoms with Gasteiger partial charge in [0.1, 0.15) is 24.4 Å². The highest BCUT2D eigenvalue weighted by Gasteiger charge is 2.44. The van der Waals surface area contributed by atoms with E-state index < -0.39 is 49.5 Å². The molecule has 0 aromatic rings. The van der Waals surface area contributed by atoms with Gasteiger partial charge in [0.05, 0.1) is 32.0 Å². The molecule has 7 atom stereocenters. The number of allylic oxidation sites excluding steroid dienone is 5. The van der Waals surface area contributed by atoms with Crippen molar-refractivity contribution in [3.63, 3.8) is 0 Å². The van der Waals surface area contributed by atoms with Gasteiger partial charge in [0.25, 0.3) is 0 Å². The van der Waals surface area contributed by atoms with Crippen LogP contribution in [-0.4, -0.2) is 100 Å². The Labute approximate surface area is 434 Å². The molecule has 0 radical (unpaired) electrons. The minimum absolute atomic E-state index is 0.0201. The number of hydrogen-bond donors (Lipinski definition) is 6.